The molecule has 1 aromatic rings. The first kappa shape index (κ1) is 16.8. The van der Waals surface area contributed by atoms with Crippen molar-refractivity contribution in [3.05, 3.63) is 24.3 Å². The number of ether oxygens (including phenoxy) is 3. The second-order valence-corrected chi connectivity index (χ2v) is 4.58. The molecule has 1 N–H and O–H groups in total. The molecule has 0 aliphatic carbocycles. The van der Waals surface area contributed by atoms with E-state index < -0.39 is 0 Å². The molecular formula is C16H27NO3. The molecule has 0 aliphatic rings. The van der Waals surface area contributed by atoms with Gasteiger partial charge in [0.15, 0.2) is 11.5 Å². The first-order valence-electron chi connectivity index (χ1n) is 7.38. The molecule has 0 aliphatic heterocycles. The maximum atomic E-state index is 5.80. The molecule has 114 valence electrons. The highest BCUT2D eigenvalue weighted by Gasteiger charge is 2.07. The van der Waals surface area contributed by atoms with Gasteiger partial charge in [-0.25, -0.2) is 0 Å². The number of benzene rings is 1. The number of nitrogens with one attached hydrogen (secondary N) is 1. The third-order valence-electron chi connectivity index (χ3n) is 2.96. The fourth-order valence-corrected chi connectivity index (χ4v) is 2.09. The molecule has 1 atom stereocenters. The van der Waals surface area contributed by atoms with Crippen LogP contribution in [0.3, 0.4) is 0 Å². The first-order chi connectivity index (χ1) is 9.81. The van der Waals surface area contributed by atoms with Crippen molar-refractivity contribution in [1.82, 2.24) is 5.32 Å². The quantitative estimate of drug-likeness (QED) is 0.633. The van der Waals surface area contributed by atoms with Crippen molar-refractivity contribution in [3.63, 3.8) is 0 Å². The Balaban J connectivity index is 2.32. The van der Waals surface area contributed by atoms with Gasteiger partial charge in [0.25, 0.3) is 0 Å². The van der Waals surface area contributed by atoms with Crippen LogP contribution in [0.5, 0.6) is 11.5 Å². The fraction of sp³-hybridized carbons (Fsp3) is 0.625. The van der Waals surface area contributed by atoms with Crippen LogP contribution in [0, 0.1) is 0 Å². The van der Waals surface area contributed by atoms with Gasteiger partial charge in [0, 0.05) is 13.2 Å². The lowest BCUT2D eigenvalue weighted by Gasteiger charge is -2.17. The highest BCUT2D eigenvalue weighted by Crippen LogP contribution is 2.26. The van der Waals surface area contributed by atoms with E-state index in [1.165, 1.54) is 0 Å². The third kappa shape index (κ3) is 6.26. The minimum absolute atomic E-state index is 0.399. The van der Waals surface area contributed by atoms with Crippen molar-refractivity contribution in [3.8, 4) is 11.5 Å². The minimum Gasteiger partial charge on any atom is -0.490 e. The van der Waals surface area contributed by atoms with Crippen LogP contribution in [0.2, 0.25) is 0 Å². The predicted octanol–water partition coefficient (Wildman–Crippen LogP) is 2.87. The SMILES string of the molecule is CCNC(CCCOc1ccccc1OCC)COC. The lowest BCUT2D eigenvalue weighted by molar-refractivity contribution is 0.158. The second-order valence-electron chi connectivity index (χ2n) is 4.58. The molecule has 0 fully saturated rings. The summed E-state index contributed by atoms with van der Waals surface area (Å²) in [7, 11) is 1.74. The van der Waals surface area contributed by atoms with E-state index in [1.54, 1.807) is 7.11 Å². The zero-order valence-electron chi connectivity index (χ0n) is 12.9. The van der Waals surface area contributed by atoms with Crippen molar-refractivity contribution in [2.45, 2.75) is 32.7 Å². The average Bonchev–Trinajstić information content (AvgIpc) is 2.46. The van der Waals surface area contributed by atoms with Crippen LogP contribution >= 0.6 is 0 Å². The Bertz CT molecular complexity index is 351. The van der Waals surface area contributed by atoms with Gasteiger partial charge in [-0.2, -0.15) is 0 Å². The summed E-state index contributed by atoms with van der Waals surface area (Å²) in [5.74, 6) is 1.64. The molecule has 1 aromatic carbocycles. The van der Waals surface area contributed by atoms with E-state index >= 15 is 0 Å². The molecule has 0 amide bonds. The summed E-state index contributed by atoms with van der Waals surface area (Å²) >= 11 is 0. The monoisotopic (exact) mass is 281 g/mol. The van der Waals surface area contributed by atoms with Gasteiger partial charge in [0.05, 0.1) is 19.8 Å². The number of likely N-dealkylation sites (N-methyl/N-ethyl adjacent to an activating group) is 1. The van der Waals surface area contributed by atoms with Crippen molar-refractivity contribution in [2.24, 2.45) is 0 Å². The van der Waals surface area contributed by atoms with Gasteiger partial charge in [0.2, 0.25) is 0 Å². The number of para-hydroxylation sites is 2. The molecule has 20 heavy (non-hydrogen) atoms. The zero-order chi connectivity index (χ0) is 14.6. The summed E-state index contributed by atoms with van der Waals surface area (Å²) in [6.07, 6.45) is 2.03. The Kier molecular flexibility index (Phi) is 8.83. The number of methoxy groups -OCH3 is 1. The highest BCUT2D eigenvalue weighted by atomic mass is 16.5. The molecule has 0 heterocycles. The van der Waals surface area contributed by atoms with Crippen molar-refractivity contribution < 1.29 is 14.2 Å². The van der Waals surface area contributed by atoms with Crippen LogP contribution in [0.25, 0.3) is 0 Å². The maximum Gasteiger partial charge on any atom is 0.161 e. The molecule has 1 rings (SSSR count). The average molecular weight is 281 g/mol. The fourth-order valence-electron chi connectivity index (χ4n) is 2.09. The Hall–Kier alpha value is -1.26. The van der Waals surface area contributed by atoms with E-state index in [9.17, 15) is 0 Å². The molecule has 4 nitrogen and oxygen atoms in total. The summed E-state index contributed by atoms with van der Waals surface area (Å²) in [6, 6.07) is 8.20. The van der Waals surface area contributed by atoms with E-state index in [4.69, 9.17) is 14.2 Å². The van der Waals surface area contributed by atoms with Gasteiger partial charge in [-0.1, -0.05) is 19.1 Å². The van der Waals surface area contributed by atoms with Crippen LogP contribution in [0.1, 0.15) is 26.7 Å². The van der Waals surface area contributed by atoms with E-state index in [0.29, 0.717) is 19.3 Å². The van der Waals surface area contributed by atoms with Gasteiger partial charge in [-0.3, -0.25) is 0 Å². The largest absolute Gasteiger partial charge is 0.490 e. The molecule has 1 unspecified atom stereocenters. The summed E-state index contributed by atoms with van der Waals surface area (Å²) in [5.41, 5.74) is 0. The van der Waals surface area contributed by atoms with Gasteiger partial charge >= 0.3 is 0 Å². The van der Waals surface area contributed by atoms with Crippen molar-refractivity contribution in [1.29, 1.82) is 0 Å². The van der Waals surface area contributed by atoms with Gasteiger partial charge in [0.1, 0.15) is 0 Å². The Morgan fingerprint density at radius 3 is 2.40 bits per heavy atom. The summed E-state index contributed by atoms with van der Waals surface area (Å²) in [4.78, 5) is 0. The Morgan fingerprint density at radius 2 is 1.80 bits per heavy atom. The number of hydrogen-bond acceptors (Lipinski definition) is 4. The van der Waals surface area contributed by atoms with Crippen LogP contribution in [-0.2, 0) is 4.74 Å². The zero-order valence-corrected chi connectivity index (χ0v) is 12.9. The first-order valence-corrected chi connectivity index (χ1v) is 7.38. The van der Waals surface area contributed by atoms with E-state index in [1.807, 2.05) is 31.2 Å². The van der Waals surface area contributed by atoms with Crippen molar-refractivity contribution in [2.75, 3.05) is 33.5 Å². The lowest BCUT2D eigenvalue weighted by Crippen LogP contribution is -2.33. The van der Waals surface area contributed by atoms with E-state index in [-0.39, 0.29) is 0 Å². The van der Waals surface area contributed by atoms with E-state index in [0.717, 1.165) is 37.5 Å². The summed E-state index contributed by atoms with van der Waals surface area (Å²) in [5, 5.41) is 3.41. The third-order valence-corrected chi connectivity index (χ3v) is 2.96. The van der Waals surface area contributed by atoms with Gasteiger partial charge < -0.3 is 19.5 Å². The molecule has 0 bridgehead atoms. The van der Waals surface area contributed by atoms with Crippen LogP contribution in [0.4, 0.5) is 0 Å². The molecule has 0 saturated heterocycles. The van der Waals surface area contributed by atoms with Crippen LogP contribution in [0.15, 0.2) is 24.3 Å². The number of hydrogen-bond donors (Lipinski definition) is 1. The summed E-state index contributed by atoms with van der Waals surface area (Å²) in [6.45, 7) is 7.12. The van der Waals surface area contributed by atoms with Crippen LogP contribution < -0.4 is 14.8 Å². The standard InChI is InChI=1S/C16H27NO3/c1-4-17-14(13-18-3)9-8-12-20-16-11-7-6-10-15(16)19-5-2/h6-7,10-11,14,17H,4-5,8-9,12-13H2,1-3H3. The topological polar surface area (TPSA) is 39.7 Å². The second kappa shape index (κ2) is 10.5. The normalized spacial score (nSPS) is 12.2. The molecule has 4 heteroatoms. The highest BCUT2D eigenvalue weighted by molar-refractivity contribution is 5.39. The molecular weight excluding hydrogens is 254 g/mol. The molecule has 0 radical (unpaired) electrons. The Morgan fingerprint density at radius 1 is 1.10 bits per heavy atom. The van der Waals surface area contributed by atoms with Crippen molar-refractivity contribution >= 4 is 0 Å². The molecule has 0 spiro atoms. The molecule has 0 aromatic heterocycles. The number of rotatable bonds is 11. The minimum atomic E-state index is 0.399. The maximum absolute atomic E-state index is 5.80. The lowest BCUT2D eigenvalue weighted by atomic mass is 10.2. The predicted molar refractivity (Wildman–Crippen MR) is 81.7 cm³/mol. The van der Waals surface area contributed by atoms with E-state index in [2.05, 4.69) is 12.2 Å². The smallest absolute Gasteiger partial charge is 0.161 e. The van der Waals surface area contributed by atoms with Crippen LogP contribution in [-0.4, -0.2) is 39.5 Å². The Labute approximate surface area is 122 Å². The summed E-state index contributed by atoms with van der Waals surface area (Å²) < 4.78 is 16.5. The van der Waals surface area contributed by atoms with Gasteiger partial charge in [-0.05, 0) is 38.4 Å². The van der Waals surface area contributed by atoms with Gasteiger partial charge in [-0.15, -0.1) is 0 Å². The molecule has 0 saturated carbocycles.